The van der Waals surface area contributed by atoms with Crippen LogP contribution in [0.1, 0.15) is 16.7 Å². The lowest BCUT2D eigenvalue weighted by atomic mass is 9.82. The van der Waals surface area contributed by atoms with Gasteiger partial charge in [0.1, 0.15) is 24.4 Å². The molecule has 6 nitrogen and oxygen atoms in total. The molecule has 0 aliphatic carbocycles. The lowest BCUT2D eigenvalue weighted by molar-refractivity contribution is 0.128. The molecule has 2 heterocycles. The minimum atomic E-state index is -0.875. The van der Waals surface area contributed by atoms with Gasteiger partial charge < -0.3 is 14.8 Å². The first-order valence-corrected chi connectivity index (χ1v) is 10.0. The molecule has 2 aliphatic heterocycles. The summed E-state index contributed by atoms with van der Waals surface area (Å²) in [5, 5.41) is 14.3. The largest absolute Gasteiger partial charge is 0.491 e. The van der Waals surface area contributed by atoms with Crippen molar-refractivity contribution in [3.8, 4) is 11.8 Å². The number of benzene rings is 2. The summed E-state index contributed by atoms with van der Waals surface area (Å²) in [5.41, 5.74) is 1.85. The van der Waals surface area contributed by atoms with Crippen LogP contribution in [0.5, 0.6) is 5.75 Å². The zero-order chi connectivity index (χ0) is 20.1. The van der Waals surface area contributed by atoms with Crippen LogP contribution in [0, 0.1) is 11.3 Å². The van der Waals surface area contributed by atoms with Crippen molar-refractivity contribution in [2.45, 2.75) is 24.5 Å². The van der Waals surface area contributed by atoms with Gasteiger partial charge in [0.05, 0.1) is 12.1 Å². The number of carbonyl (C=O) groups is 1. The van der Waals surface area contributed by atoms with E-state index in [0.29, 0.717) is 13.0 Å². The van der Waals surface area contributed by atoms with Gasteiger partial charge in [-0.1, -0.05) is 42.5 Å². The summed E-state index contributed by atoms with van der Waals surface area (Å²) in [6.07, 6.45) is 3.65. The zero-order valence-corrected chi connectivity index (χ0v) is 16.4. The Morgan fingerprint density at radius 1 is 1.34 bits per heavy atom. The zero-order valence-electron chi connectivity index (χ0n) is 15.6. The molecule has 29 heavy (non-hydrogen) atoms. The maximum absolute atomic E-state index is 12.1. The second-order valence-electron chi connectivity index (χ2n) is 6.86. The molecule has 0 aromatic heterocycles. The fourth-order valence-corrected chi connectivity index (χ4v) is 3.86. The van der Waals surface area contributed by atoms with Gasteiger partial charge in [-0.2, -0.15) is 5.26 Å². The molecule has 2 atom stereocenters. The molecule has 0 saturated heterocycles. The first-order chi connectivity index (χ1) is 14.2. The van der Waals surface area contributed by atoms with Gasteiger partial charge in [0.15, 0.2) is 0 Å². The van der Waals surface area contributed by atoms with Crippen LogP contribution in [0.3, 0.4) is 0 Å². The number of nitriles is 1. The second kappa shape index (κ2) is 8.41. The maximum Gasteiger partial charge on any atom is 0.407 e. The Morgan fingerprint density at radius 3 is 2.97 bits per heavy atom. The Kier molecular flexibility index (Phi) is 5.54. The van der Waals surface area contributed by atoms with Crippen LogP contribution in [0.25, 0.3) is 0 Å². The number of amides is 1. The number of ether oxygens (including phenoxy) is 2. The van der Waals surface area contributed by atoms with Crippen molar-refractivity contribution >= 4 is 24.3 Å². The molecule has 2 aromatic carbocycles. The van der Waals surface area contributed by atoms with Crippen LogP contribution in [-0.2, 0) is 23.2 Å². The van der Waals surface area contributed by atoms with Gasteiger partial charge in [-0.3, -0.25) is 0 Å². The highest BCUT2D eigenvalue weighted by Gasteiger charge is 2.31. The molecule has 7 heteroatoms. The molecule has 2 aliphatic rings. The van der Waals surface area contributed by atoms with Crippen molar-refractivity contribution < 1.29 is 14.3 Å². The molecule has 0 spiro atoms. The summed E-state index contributed by atoms with van der Waals surface area (Å²) < 4.78 is 15.3. The molecule has 4 rings (SSSR count). The molecule has 0 radical (unpaired) electrons. The number of hydrogen-bond acceptors (Lipinski definition) is 6. The van der Waals surface area contributed by atoms with Crippen LogP contribution in [0.4, 0.5) is 4.79 Å². The van der Waals surface area contributed by atoms with Crippen molar-refractivity contribution in [2.24, 2.45) is 4.40 Å². The minimum absolute atomic E-state index is 0.172. The predicted octanol–water partition coefficient (Wildman–Crippen LogP) is 3.92. The smallest absolute Gasteiger partial charge is 0.407 e. The van der Waals surface area contributed by atoms with E-state index in [9.17, 15) is 10.1 Å². The van der Waals surface area contributed by atoms with Crippen LogP contribution in [-0.4, -0.2) is 25.0 Å². The number of fused-ring (bicyclic) bond motifs is 1. The van der Waals surface area contributed by atoms with Crippen molar-refractivity contribution in [2.75, 3.05) is 6.61 Å². The maximum atomic E-state index is 12.1. The average molecular weight is 405 g/mol. The molecule has 1 amide bonds. The number of nitrogens with zero attached hydrogens (tertiary/aromatic N) is 2. The van der Waals surface area contributed by atoms with Gasteiger partial charge in [-0.25, -0.2) is 9.19 Å². The first kappa shape index (κ1) is 19.1. The predicted molar refractivity (Wildman–Crippen MR) is 112 cm³/mol. The highest BCUT2D eigenvalue weighted by Crippen LogP contribution is 2.34. The summed E-state index contributed by atoms with van der Waals surface area (Å²) in [6, 6.07) is 17.4. The molecule has 0 fully saturated rings. The van der Waals surface area contributed by atoms with E-state index in [0.717, 1.165) is 22.4 Å². The van der Waals surface area contributed by atoms with Crippen LogP contribution >= 0.6 is 11.9 Å². The van der Waals surface area contributed by atoms with E-state index in [1.807, 2.05) is 60.0 Å². The van der Waals surface area contributed by atoms with E-state index < -0.39 is 11.5 Å². The standard InChI is InChI=1S/C22H19N3O3S/c23-14-22(8-9-29-24-15-22)18-7-6-17-10-19(13-27-20(17)11-18)25-21(26)28-12-16-4-2-1-3-5-16/h1-9,11,15,19H,10,12-13H2,(H,25,26)/t19-,22?/m1/s1. The van der Waals surface area contributed by atoms with E-state index in [2.05, 4.69) is 15.8 Å². The van der Waals surface area contributed by atoms with E-state index in [4.69, 9.17) is 9.47 Å². The fraction of sp³-hybridized carbons (Fsp3) is 0.227. The number of rotatable bonds is 4. The Balaban J connectivity index is 1.38. The minimum Gasteiger partial charge on any atom is -0.491 e. The first-order valence-electron chi connectivity index (χ1n) is 9.21. The van der Waals surface area contributed by atoms with Gasteiger partial charge in [-0.05, 0) is 40.7 Å². The van der Waals surface area contributed by atoms with Crippen molar-refractivity contribution in [1.29, 1.82) is 5.26 Å². The number of nitrogens with one attached hydrogen (secondary N) is 1. The highest BCUT2D eigenvalue weighted by atomic mass is 32.2. The van der Waals surface area contributed by atoms with Crippen molar-refractivity contribution in [1.82, 2.24) is 5.32 Å². The number of carbonyl (C=O) groups excluding carboxylic acids is 1. The lowest BCUT2D eigenvalue weighted by Gasteiger charge is -2.28. The normalized spacial score (nSPS) is 22.1. The molecular weight excluding hydrogens is 386 g/mol. The van der Waals surface area contributed by atoms with Crippen LogP contribution in [0.15, 0.2) is 64.4 Å². The third-order valence-corrected chi connectivity index (χ3v) is 5.36. The number of hydrogen-bond donors (Lipinski definition) is 1. The third-order valence-electron chi connectivity index (χ3n) is 4.88. The van der Waals surface area contributed by atoms with Crippen LogP contribution < -0.4 is 10.1 Å². The summed E-state index contributed by atoms with van der Waals surface area (Å²) in [7, 11) is 0. The number of allylic oxidation sites excluding steroid dienone is 1. The van der Waals surface area contributed by atoms with Gasteiger partial charge in [0.25, 0.3) is 0 Å². The summed E-state index contributed by atoms with van der Waals surface area (Å²) in [4.78, 5) is 12.1. The second-order valence-corrected chi connectivity index (χ2v) is 7.56. The highest BCUT2D eigenvalue weighted by molar-refractivity contribution is 8.01. The summed E-state index contributed by atoms with van der Waals surface area (Å²) in [5.74, 6) is 0.729. The molecule has 1 N–H and O–H groups in total. The molecule has 2 aromatic rings. The Hall–Kier alpha value is -3.24. The lowest BCUT2D eigenvalue weighted by Crippen LogP contribution is -2.43. The van der Waals surface area contributed by atoms with E-state index in [1.54, 1.807) is 6.21 Å². The quantitative estimate of drug-likeness (QED) is 0.780. The van der Waals surface area contributed by atoms with Crippen molar-refractivity contribution in [3.63, 3.8) is 0 Å². The van der Waals surface area contributed by atoms with Gasteiger partial charge in [0, 0.05) is 18.2 Å². The monoisotopic (exact) mass is 405 g/mol. The Labute approximate surface area is 173 Å². The summed E-state index contributed by atoms with van der Waals surface area (Å²) in [6.45, 7) is 0.569. The van der Waals surface area contributed by atoms with Crippen molar-refractivity contribution in [3.05, 3.63) is 76.7 Å². The SMILES string of the molecule is N#CC1(c2ccc3c(c2)OC[C@H](NC(=O)OCc2ccccc2)C3)C=CSN=C1. The Morgan fingerprint density at radius 2 is 2.21 bits per heavy atom. The fourth-order valence-electron chi connectivity index (χ4n) is 3.28. The molecule has 0 bridgehead atoms. The Bertz CT molecular complexity index is 986. The third kappa shape index (κ3) is 4.28. The topological polar surface area (TPSA) is 83.7 Å². The number of alkyl carbamates (subject to hydrolysis) is 1. The molecule has 1 unspecified atom stereocenters. The van der Waals surface area contributed by atoms with E-state index in [1.165, 1.54) is 11.9 Å². The molecule has 146 valence electrons. The molecule has 0 saturated carbocycles. The van der Waals surface area contributed by atoms with Gasteiger partial charge >= 0.3 is 6.09 Å². The van der Waals surface area contributed by atoms with E-state index >= 15 is 0 Å². The van der Waals surface area contributed by atoms with Crippen LogP contribution in [0.2, 0.25) is 0 Å². The summed E-state index contributed by atoms with van der Waals surface area (Å²) >= 11 is 1.30. The van der Waals surface area contributed by atoms with Gasteiger partial charge in [0.2, 0.25) is 0 Å². The van der Waals surface area contributed by atoms with Gasteiger partial charge in [-0.15, -0.1) is 0 Å². The molecular formula is C22H19N3O3S. The average Bonchev–Trinajstić information content (AvgIpc) is 2.78. The van der Waals surface area contributed by atoms with E-state index in [-0.39, 0.29) is 12.6 Å².